The lowest BCUT2D eigenvalue weighted by molar-refractivity contribution is -0.154. The number of pyridine rings is 1. The molecule has 0 aliphatic rings. The van der Waals surface area contributed by atoms with Crippen LogP contribution in [0.25, 0.3) is 0 Å². The molecule has 4 nitrogen and oxygen atoms in total. The maximum Gasteiger partial charge on any atom is 0.396 e. The molecule has 0 aliphatic heterocycles. The summed E-state index contributed by atoms with van der Waals surface area (Å²) in [4.78, 5) is 14.7. The first-order valence-electron chi connectivity index (χ1n) is 9.49. The highest BCUT2D eigenvalue weighted by Crippen LogP contribution is 2.46. The van der Waals surface area contributed by atoms with Crippen molar-refractivity contribution in [2.24, 2.45) is 0 Å². The number of nitrogens with zero attached hydrogens (tertiary/aromatic N) is 1. The second-order valence-corrected chi connectivity index (χ2v) is 7.99. The minimum Gasteiger partial charge on any atom is -0.489 e. The summed E-state index contributed by atoms with van der Waals surface area (Å²) < 4.78 is 47.4. The maximum atomic E-state index is 13.9. The molecular weight excluding hydrogens is 466 g/mol. The Morgan fingerprint density at radius 1 is 1.09 bits per heavy atom. The number of carboxylic acid groups (broad SMARTS) is 1. The Labute approximate surface area is 192 Å². The van der Waals surface area contributed by atoms with E-state index in [9.17, 15) is 18.0 Å². The molecule has 0 spiro atoms. The topological polar surface area (TPSA) is 59.4 Å². The molecule has 1 aromatic heterocycles. The molecule has 0 radical (unpaired) electrons. The van der Waals surface area contributed by atoms with Crippen LogP contribution < -0.4 is 4.74 Å². The summed E-state index contributed by atoms with van der Waals surface area (Å²) in [5.74, 6) is -3.46. The van der Waals surface area contributed by atoms with Crippen molar-refractivity contribution in [3.63, 3.8) is 0 Å². The van der Waals surface area contributed by atoms with E-state index in [4.69, 9.17) is 33.0 Å². The average molecular weight is 484 g/mol. The Morgan fingerprint density at radius 3 is 2.34 bits per heavy atom. The predicted molar refractivity (Wildman–Crippen MR) is 116 cm³/mol. The molecule has 0 saturated heterocycles. The number of halogens is 5. The van der Waals surface area contributed by atoms with Crippen LogP contribution in [-0.4, -0.2) is 22.2 Å². The fourth-order valence-electron chi connectivity index (χ4n) is 3.43. The monoisotopic (exact) mass is 483 g/mol. The molecule has 168 valence electrons. The standard InChI is InChI=1S/C23H18Cl2F3NO3/c1-13(21(23(26,27)28)16-8-9-29-20(25)10-16)18-7-6-17(11-19(18)24)32-12-14-2-4-15(5-3-14)22(30)31/h2-11,13,21H,12H2,1H3,(H,30,31). The van der Waals surface area contributed by atoms with Gasteiger partial charge >= 0.3 is 12.1 Å². The quantitative estimate of drug-likeness (QED) is 0.363. The van der Waals surface area contributed by atoms with Crippen molar-refractivity contribution >= 4 is 29.2 Å². The first kappa shape index (κ1) is 23.9. The maximum absolute atomic E-state index is 13.9. The van der Waals surface area contributed by atoms with Gasteiger partial charge in [0.05, 0.1) is 11.5 Å². The number of carboxylic acids is 1. The van der Waals surface area contributed by atoms with E-state index < -0.39 is 24.0 Å². The van der Waals surface area contributed by atoms with Crippen LogP contribution in [0.4, 0.5) is 13.2 Å². The van der Waals surface area contributed by atoms with E-state index in [1.807, 2.05) is 0 Å². The van der Waals surface area contributed by atoms with Crippen LogP contribution in [0.1, 0.15) is 45.8 Å². The molecule has 1 heterocycles. The number of hydrogen-bond acceptors (Lipinski definition) is 3. The zero-order valence-electron chi connectivity index (χ0n) is 16.7. The van der Waals surface area contributed by atoms with Gasteiger partial charge in [-0.25, -0.2) is 9.78 Å². The van der Waals surface area contributed by atoms with Gasteiger partial charge in [-0.3, -0.25) is 0 Å². The van der Waals surface area contributed by atoms with Gasteiger partial charge in [0, 0.05) is 11.2 Å². The van der Waals surface area contributed by atoms with Crippen LogP contribution >= 0.6 is 23.2 Å². The van der Waals surface area contributed by atoms with E-state index in [0.29, 0.717) is 11.3 Å². The van der Waals surface area contributed by atoms with Gasteiger partial charge in [0.15, 0.2) is 0 Å². The highest BCUT2D eigenvalue weighted by atomic mass is 35.5. The van der Waals surface area contributed by atoms with Gasteiger partial charge in [-0.1, -0.05) is 48.3 Å². The van der Waals surface area contributed by atoms with E-state index in [0.717, 1.165) is 5.56 Å². The van der Waals surface area contributed by atoms with Crippen molar-refractivity contribution < 1.29 is 27.8 Å². The molecule has 3 rings (SSSR count). The SMILES string of the molecule is CC(c1ccc(OCc2ccc(C(=O)O)cc2)cc1Cl)C(c1ccnc(Cl)c1)C(F)(F)F. The van der Waals surface area contributed by atoms with Crippen molar-refractivity contribution in [2.75, 3.05) is 0 Å². The number of carbonyl (C=O) groups is 1. The Balaban J connectivity index is 1.79. The van der Waals surface area contributed by atoms with E-state index in [1.165, 1.54) is 49.5 Å². The Bertz CT molecular complexity index is 1100. The summed E-state index contributed by atoms with van der Waals surface area (Å²) in [6, 6.07) is 13.2. The third kappa shape index (κ3) is 5.72. The number of benzene rings is 2. The predicted octanol–water partition coefficient (Wildman–Crippen LogP) is 7.12. The van der Waals surface area contributed by atoms with E-state index >= 15 is 0 Å². The zero-order valence-corrected chi connectivity index (χ0v) is 18.2. The van der Waals surface area contributed by atoms with Crippen molar-refractivity contribution in [2.45, 2.75) is 31.5 Å². The Kier molecular flexibility index (Phi) is 7.31. The Hall–Kier alpha value is -2.77. The van der Waals surface area contributed by atoms with Crippen LogP contribution in [0.15, 0.2) is 60.8 Å². The second-order valence-electron chi connectivity index (χ2n) is 7.19. The normalized spacial score (nSPS) is 13.4. The van der Waals surface area contributed by atoms with Crippen molar-refractivity contribution in [1.82, 2.24) is 4.98 Å². The summed E-state index contributed by atoms with van der Waals surface area (Å²) in [5, 5.41) is 9.06. The molecule has 2 aromatic carbocycles. The first-order valence-corrected chi connectivity index (χ1v) is 10.2. The lowest BCUT2D eigenvalue weighted by Crippen LogP contribution is -2.26. The highest BCUT2D eigenvalue weighted by molar-refractivity contribution is 6.31. The largest absolute Gasteiger partial charge is 0.489 e. The van der Waals surface area contributed by atoms with Crippen molar-refractivity contribution in [3.05, 3.63) is 93.2 Å². The lowest BCUT2D eigenvalue weighted by Gasteiger charge is -2.28. The summed E-state index contributed by atoms with van der Waals surface area (Å²) in [6.45, 7) is 1.60. The number of aromatic nitrogens is 1. The first-order chi connectivity index (χ1) is 15.1. The summed E-state index contributed by atoms with van der Waals surface area (Å²) in [5.41, 5.74) is 1.21. The van der Waals surface area contributed by atoms with E-state index in [1.54, 1.807) is 18.2 Å². The second kappa shape index (κ2) is 9.79. The zero-order chi connectivity index (χ0) is 23.5. The molecule has 0 bridgehead atoms. The molecule has 0 fully saturated rings. The van der Waals surface area contributed by atoms with Gasteiger partial charge in [-0.15, -0.1) is 0 Å². The summed E-state index contributed by atoms with van der Waals surface area (Å²) in [6.07, 6.45) is -3.28. The smallest absolute Gasteiger partial charge is 0.396 e. The fraction of sp³-hybridized carbons (Fsp3) is 0.217. The molecule has 2 atom stereocenters. The lowest BCUT2D eigenvalue weighted by atomic mass is 9.82. The van der Waals surface area contributed by atoms with E-state index in [2.05, 4.69) is 4.98 Å². The number of aromatic carboxylic acids is 1. The van der Waals surface area contributed by atoms with Crippen LogP contribution in [0, 0.1) is 0 Å². The molecule has 32 heavy (non-hydrogen) atoms. The summed E-state index contributed by atoms with van der Waals surface area (Å²) in [7, 11) is 0. The molecule has 0 saturated carbocycles. The minimum atomic E-state index is -4.52. The molecule has 0 amide bonds. The van der Waals surface area contributed by atoms with Gasteiger partial charge in [0.2, 0.25) is 0 Å². The molecule has 0 aliphatic carbocycles. The van der Waals surface area contributed by atoms with Gasteiger partial charge in [-0.2, -0.15) is 13.2 Å². The number of rotatable bonds is 7. The van der Waals surface area contributed by atoms with Gasteiger partial charge in [-0.05, 0) is 59.0 Å². The van der Waals surface area contributed by atoms with E-state index in [-0.39, 0.29) is 27.9 Å². The third-order valence-corrected chi connectivity index (χ3v) is 5.57. The molecule has 9 heteroatoms. The van der Waals surface area contributed by atoms with Crippen LogP contribution in [0.3, 0.4) is 0 Å². The van der Waals surface area contributed by atoms with Crippen molar-refractivity contribution in [1.29, 1.82) is 0 Å². The van der Waals surface area contributed by atoms with Crippen LogP contribution in [0.2, 0.25) is 10.2 Å². The Morgan fingerprint density at radius 2 is 1.78 bits per heavy atom. The molecule has 2 unspecified atom stereocenters. The van der Waals surface area contributed by atoms with Gasteiger partial charge < -0.3 is 9.84 Å². The highest BCUT2D eigenvalue weighted by Gasteiger charge is 2.45. The fourth-order valence-corrected chi connectivity index (χ4v) is 3.95. The van der Waals surface area contributed by atoms with Crippen molar-refractivity contribution in [3.8, 4) is 5.75 Å². The van der Waals surface area contributed by atoms with Crippen LogP contribution in [0.5, 0.6) is 5.75 Å². The van der Waals surface area contributed by atoms with Crippen LogP contribution in [-0.2, 0) is 6.61 Å². The third-order valence-electron chi connectivity index (χ3n) is 5.03. The number of ether oxygens (including phenoxy) is 1. The summed E-state index contributed by atoms with van der Waals surface area (Å²) >= 11 is 12.1. The van der Waals surface area contributed by atoms with Gasteiger partial charge in [0.25, 0.3) is 0 Å². The molecule has 3 aromatic rings. The average Bonchev–Trinajstić information content (AvgIpc) is 2.71. The van der Waals surface area contributed by atoms with Gasteiger partial charge in [0.1, 0.15) is 17.5 Å². The minimum absolute atomic E-state index is 0.00574. The number of hydrogen-bond donors (Lipinski definition) is 1. The molecular formula is C23H18Cl2F3NO3. The molecule has 1 N–H and O–H groups in total. The number of alkyl halides is 3.